The molecule has 0 fully saturated rings. The van der Waals surface area contributed by atoms with Gasteiger partial charge >= 0.3 is 0 Å². The van der Waals surface area contributed by atoms with Crippen LogP contribution in [0.1, 0.15) is 59.8 Å². The Labute approximate surface area is 84.4 Å². The highest BCUT2D eigenvalue weighted by molar-refractivity contribution is 4.86. The van der Waals surface area contributed by atoms with Crippen molar-refractivity contribution < 1.29 is 0 Å². The maximum absolute atomic E-state index is 2.37. The molecule has 0 aliphatic rings. The Balaban J connectivity index is 3.71. The summed E-state index contributed by atoms with van der Waals surface area (Å²) in [4.78, 5) is 0. The van der Waals surface area contributed by atoms with Crippen LogP contribution in [-0.4, -0.2) is 0 Å². The molecule has 0 aromatic rings. The van der Waals surface area contributed by atoms with Crippen LogP contribution in [0.4, 0.5) is 0 Å². The number of rotatable bonds is 7. The van der Waals surface area contributed by atoms with Gasteiger partial charge in [0.2, 0.25) is 0 Å². The van der Waals surface area contributed by atoms with E-state index in [-0.39, 0.29) is 0 Å². The van der Waals surface area contributed by atoms with Gasteiger partial charge in [-0.05, 0) is 24.7 Å². The average Bonchev–Trinajstić information content (AvgIpc) is 2.14. The van der Waals surface area contributed by atoms with Crippen molar-refractivity contribution >= 4 is 0 Å². The Hall–Kier alpha value is -0.260. The van der Waals surface area contributed by atoms with Crippen molar-refractivity contribution in [2.24, 2.45) is 11.8 Å². The Morgan fingerprint density at radius 1 is 1.15 bits per heavy atom. The van der Waals surface area contributed by atoms with E-state index in [4.69, 9.17) is 0 Å². The lowest BCUT2D eigenvalue weighted by Crippen LogP contribution is -2.03. The Kier molecular flexibility index (Phi) is 8.18. The standard InChI is InChI=1S/C13H26/c1-5-8-10-12(4)11-13(7-3)9-6-2/h8,10,12-13H,5-7,9,11H2,1-4H3/b10-8+. The molecule has 0 N–H and O–H groups in total. The van der Waals surface area contributed by atoms with Crippen molar-refractivity contribution in [3.63, 3.8) is 0 Å². The van der Waals surface area contributed by atoms with E-state index in [0.29, 0.717) is 0 Å². The molecule has 2 unspecified atom stereocenters. The second-order valence-corrected chi connectivity index (χ2v) is 4.11. The van der Waals surface area contributed by atoms with Gasteiger partial charge in [-0.3, -0.25) is 0 Å². The fourth-order valence-electron chi connectivity index (χ4n) is 1.87. The van der Waals surface area contributed by atoms with Crippen molar-refractivity contribution in [2.45, 2.75) is 59.8 Å². The van der Waals surface area contributed by atoms with Crippen LogP contribution < -0.4 is 0 Å². The van der Waals surface area contributed by atoms with Crippen molar-refractivity contribution in [3.8, 4) is 0 Å². The summed E-state index contributed by atoms with van der Waals surface area (Å²) in [6.07, 6.45) is 11.3. The molecular weight excluding hydrogens is 156 g/mol. The second kappa shape index (κ2) is 8.34. The molecule has 0 nitrogen and oxygen atoms in total. The van der Waals surface area contributed by atoms with Gasteiger partial charge in [0.15, 0.2) is 0 Å². The summed E-state index contributed by atoms with van der Waals surface area (Å²) in [7, 11) is 0. The zero-order valence-electron chi connectivity index (χ0n) is 9.84. The highest BCUT2D eigenvalue weighted by Crippen LogP contribution is 2.21. The predicted molar refractivity (Wildman–Crippen MR) is 61.9 cm³/mol. The minimum atomic E-state index is 0.774. The van der Waals surface area contributed by atoms with Crippen LogP contribution in [0.15, 0.2) is 12.2 Å². The molecule has 0 amide bonds. The quantitative estimate of drug-likeness (QED) is 0.496. The topological polar surface area (TPSA) is 0 Å². The van der Waals surface area contributed by atoms with Gasteiger partial charge in [0.25, 0.3) is 0 Å². The van der Waals surface area contributed by atoms with Gasteiger partial charge in [-0.15, -0.1) is 0 Å². The molecule has 78 valence electrons. The van der Waals surface area contributed by atoms with Crippen molar-refractivity contribution in [3.05, 3.63) is 12.2 Å². The zero-order valence-corrected chi connectivity index (χ0v) is 9.84. The normalized spacial score (nSPS) is 16.3. The SMILES string of the molecule is CC/C=C/C(C)CC(CC)CCC. The van der Waals surface area contributed by atoms with E-state index >= 15 is 0 Å². The van der Waals surface area contributed by atoms with E-state index in [1.807, 2.05) is 0 Å². The highest BCUT2D eigenvalue weighted by Gasteiger charge is 2.07. The number of hydrogen-bond donors (Lipinski definition) is 0. The molecule has 0 saturated heterocycles. The summed E-state index contributed by atoms with van der Waals surface area (Å²) in [5, 5.41) is 0. The summed E-state index contributed by atoms with van der Waals surface area (Å²) >= 11 is 0. The molecule has 0 heteroatoms. The molecule has 2 atom stereocenters. The van der Waals surface area contributed by atoms with Gasteiger partial charge in [-0.1, -0.05) is 59.1 Å². The monoisotopic (exact) mass is 182 g/mol. The molecule has 0 aliphatic carbocycles. The Morgan fingerprint density at radius 2 is 1.85 bits per heavy atom. The average molecular weight is 182 g/mol. The van der Waals surface area contributed by atoms with E-state index in [9.17, 15) is 0 Å². The van der Waals surface area contributed by atoms with Crippen molar-refractivity contribution in [1.82, 2.24) is 0 Å². The minimum Gasteiger partial charge on any atom is -0.0885 e. The second-order valence-electron chi connectivity index (χ2n) is 4.11. The lowest BCUT2D eigenvalue weighted by Gasteiger charge is -2.16. The smallest absolute Gasteiger partial charge is 0.0259 e. The van der Waals surface area contributed by atoms with E-state index < -0.39 is 0 Å². The molecule has 13 heavy (non-hydrogen) atoms. The molecule has 0 aromatic carbocycles. The number of allylic oxidation sites excluding steroid dienone is 2. The van der Waals surface area contributed by atoms with E-state index in [1.54, 1.807) is 0 Å². The first-order valence-corrected chi connectivity index (χ1v) is 5.91. The Bertz CT molecular complexity index is 124. The number of hydrogen-bond acceptors (Lipinski definition) is 0. The molecule has 0 spiro atoms. The first kappa shape index (κ1) is 12.7. The third-order valence-corrected chi connectivity index (χ3v) is 2.68. The van der Waals surface area contributed by atoms with E-state index in [1.165, 1.54) is 32.1 Å². The predicted octanol–water partition coefficient (Wildman–Crippen LogP) is 4.81. The van der Waals surface area contributed by atoms with Crippen LogP contribution in [0.5, 0.6) is 0 Å². The van der Waals surface area contributed by atoms with E-state index in [2.05, 4.69) is 39.8 Å². The molecule has 0 heterocycles. The fraction of sp³-hybridized carbons (Fsp3) is 0.846. The van der Waals surface area contributed by atoms with Crippen LogP contribution in [0, 0.1) is 11.8 Å². The molecule has 0 bridgehead atoms. The molecule has 0 saturated carbocycles. The van der Waals surface area contributed by atoms with Crippen LogP contribution in [0.3, 0.4) is 0 Å². The van der Waals surface area contributed by atoms with Crippen LogP contribution >= 0.6 is 0 Å². The molecular formula is C13H26. The van der Waals surface area contributed by atoms with Crippen molar-refractivity contribution in [2.75, 3.05) is 0 Å². The van der Waals surface area contributed by atoms with Gasteiger partial charge in [0.1, 0.15) is 0 Å². The zero-order chi connectivity index (χ0) is 10.1. The molecule has 0 aromatic heterocycles. The third-order valence-electron chi connectivity index (χ3n) is 2.68. The van der Waals surface area contributed by atoms with Crippen molar-refractivity contribution in [1.29, 1.82) is 0 Å². The first-order valence-electron chi connectivity index (χ1n) is 5.91. The summed E-state index contributed by atoms with van der Waals surface area (Å²) < 4.78 is 0. The van der Waals surface area contributed by atoms with E-state index in [0.717, 1.165) is 11.8 Å². The van der Waals surface area contributed by atoms with Crippen LogP contribution in [-0.2, 0) is 0 Å². The molecule has 0 aliphatic heterocycles. The fourth-order valence-corrected chi connectivity index (χ4v) is 1.87. The van der Waals surface area contributed by atoms with Gasteiger partial charge in [-0.25, -0.2) is 0 Å². The summed E-state index contributed by atoms with van der Waals surface area (Å²) in [6.45, 7) is 9.14. The summed E-state index contributed by atoms with van der Waals surface area (Å²) in [5.41, 5.74) is 0. The Morgan fingerprint density at radius 3 is 2.31 bits per heavy atom. The summed E-state index contributed by atoms with van der Waals surface area (Å²) in [5.74, 6) is 1.72. The maximum Gasteiger partial charge on any atom is -0.0259 e. The highest BCUT2D eigenvalue weighted by atomic mass is 14.1. The van der Waals surface area contributed by atoms with Gasteiger partial charge in [0, 0.05) is 0 Å². The van der Waals surface area contributed by atoms with Crippen LogP contribution in [0.2, 0.25) is 0 Å². The molecule has 0 rings (SSSR count). The van der Waals surface area contributed by atoms with Gasteiger partial charge < -0.3 is 0 Å². The van der Waals surface area contributed by atoms with Crippen LogP contribution in [0.25, 0.3) is 0 Å². The lowest BCUT2D eigenvalue weighted by molar-refractivity contribution is 0.390. The molecule has 0 radical (unpaired) electrons. The maximum atomic E-state index is 2.37. The largest absolute Gasteiger partial charge is 0.0885 e. The minimum absolute atomic E-state index is 0.774. The first-order chi connectivity index (χ1) is 6.24. The lowest BCUT2D eigenvalue weighted by atomic mass is 9.90. The van der Waals surface area contributed by atoms with Gasteiger partial charge in [-0.2, -0.15) is 0 Å². The third kappa shape index (κ3) is 6.86. The van der Waals surface area contributed by atoms with Gasteiger partial charge in [0.05, 0.1) is 0 Å². The summed E-state index contributed by atoms with van der Waals surface area (Å²) in [6, 6.07) is 0.